The first-order valence-electron chi connectivity index (χ1n) is 9.47. The highest BCUT2D eigenvalue weighted by Gasteiger charge is 2.35. The van der Waals surface area contributed by atoms with Gasteiger partial charge >= 0.3 is 6.18 Å². The van der Waals surface area contributed by atoms with Crippen LogP contribution < -0.4 is 4.90 Å². The Morgan fingerprint density at radius 2 is 1.86 bits per heavy atom. The Labute approximate surface area is 162 Å². The van der Waals surface area contributed by atoms with E-state index in [1.54, 1.807) is 16.8 Å². The minimum Gasteiger partial charge on any atom is -0.366 e. The number of nitro benzene ring substituents is 1. The van der Waals surface area contributed by atoms with Crippen molar-refractivity contribution in [3.05, 3.63) is 33.9 Å². The number of anilines is 1. The van der Waals surface area contributed by atoms with E-state index >= 15 is 0 Å². The number of alkyl halides is 3. The molecule has 0 aliphatic carbocycles. The lowest BCUT2D eigenvalue weighted by Crippen LogP contribution is -2.44. The fourth-order valence-corrected chi connectivity index (χ4v) is 3.79. The lowest BCUT2D eigenvalue weighted by Gasteiger charge is -2.36. The molecule has 0 aromatic heterocycles. The molecule has 1 aromatic carbocycles. The molecule has 0 N–H and O–H groups in total. The van der Waals surface area contributed by atoms with E-state index in [4.69, 9.17) is 0 Å². The average Bonchev–Trinajstić information content (AvgIpc) is 2.67. The third-order valence-corrected chi connectivity index (χ3v) is 5.52. The second-order valence-corrected chi connectivity index (χ2v) is 7.14. The molecule has 1 saturated heterocycles. The molecule has 0 radical (unpaired) electrons. The summed E-state index contributed by atoms with van der Waals surface area (Å²) >= 11 is 0. The Hall–Kier alpha value is -2.32. The van der Waals surface area contributed by atoms with E-state index in [0.29, 0.717) is 32.0 Å². The second kappa shape index (κ2) is 8.79. The van der Waals surface area contributed by atoms with Crippen LogP contribution in [0.5, 0.6) is 0 Å². The van der Waals surface area contributed by atoms with Crippen LogP contribution >= 0.6 is 0 Å². The zero-order valence-electron chi connectivity index (χ0n) is 16.3. The molecule has 2 rings (SSSR count). The Kier molecular flexibility index (Phi) is 6.90. The summed E-state index contributed by atoms with van der Waals surface area (Å²) < 4.78 is 38.6. The number of carbonyl (C=O) groups is 1. The van der Waals surface area contributed by atoms with Crippen LogP contribution in [0.1, 0.15) is 45.1 Å². The fourth-order valence-electron chi connectivity index (χ4n) is 3.79. The normalized spacial score (nSPS) is 15.8. The molecular formula is C19H26F3N3O3. The number of hydrogen-bond acceptors (Lipinski definition) is 4. The monoisotopic (exact) mass is 401 g/mol. The van der Waals surface area contributed by atoms with Crippen molar-refractivity contribution in [1.29, 1.82) is 0 Å². The summed E-state index contributed by atoms with van der Waals surface area (Å²) in [6.07, 6.45) is -1.87. The molecule has 156 valence electrons. The zero-order chi connectivity index (χ0) is 21.1. The molecule has 0 saturated carbocycles. The molecule has 1 heterocycles. The molecule has 1 amide bonds. The maximum atomic E-state index is 12.9. The van der Waals surface area contributed by atoms with Gasteiger partial charge in [0, 0.05) is 38.2 Å². The van der Waals surface area contributed by atoms with E-state index in [-0.39, 0.29) is 23.6 Å². The number of nitro groups is 1. The maximum Gasteiger partial charge on any atom is 0.416 e. The average molecular weight is 401 g/mol. The molecule has 0 unspecified atom stereocenters. The van der Waals surface area contributed by atoms with Crippen molar-refractivity contribution in [3.63, 3.8) is 0 Å². The van der Waals surface area contributed by atoms with Crippen LogP contribution in [0.4, 0.5) is 24.5 Å². The topological polar surface area (TPSA) is 66.7 Å². The largest absolute Gasteiger partial charge is 0.416 e. The summed E-state index contributed by atoms with van der Waals surface area (Å²) in [5, 5.41) is 11.3. The van der Waals surface area contributed by atoms with Gasteiger partial charge in [-0.15, -0.1) is 0 Å². The summed E-state index contributed by atoms with van der Waals surface area (Å²) in [6.45, 7) is 4.84. The Balaban J connectivity index is 2.13. The molecule has 6 nitrogen and oxygen atoms in total. The van der Waals surface area contributed by atoms with E-state index < -0.39 is 22.4 Å². The van der Waals surface area contributed by atoms with Gasteiger partial charge in [0.25, 0.3) is 5.69 Å². The number of nitrogens with zero attached hydrogens (tertiary/aromatic N) is 3. The molecule has 28 heavy (non-hydrogen) atoms. The third-order valence-electron chi connectivity index (χ3n) is 5.52. The lowest BCUT2D eigenvalue weighted by molar-refractivity contribution is -0.384. The smallest absolute Gasteiger partial charge is 0.366 e. The molecule has 9 heteroatoms. The Morgan fingerprint density at radius 1 is 1.29 bits per heavy atom. The molecule has 0 spiro atoms. The van der Waals surface area contributed by atoms with E-state index in [9.17, 15) is 28.1 Å². The van der Waals surface area contributed by atoms with Gasteiger partial charge in [0.1, 0.15) is 5.69 Å². The highest BCUT2D eigenvalue weighted by atomic mass is 19.4. The van der Waals surface area contributed by atoms with Crippen LogP contribution in [0.15, 0.2) is 18.2 Å². The first kappa shape index (κ1) is 22.0. The minimum absolute atomic E-state index is 0.0651. The van der Waals surface area contributed by atoms with Gasteiger partial charge in [0.2, 0.25) is 5.91 Å². The first-order valence-corrected chi connectivity index (χ1v) is 9.47. The van der Waals surface area contributed by atoms with Gasteiger partial charge in [-0.2, -0.15) is 13.2 Å². The van der Waals surface area contributed by atoms with E-state index in [2.05, 4.69) is 0 Å². The van der Waals surface area contributed by atoms with E-state index in [1.807, 2.05) is 13.8 Å². The van der Waals surface area contributed by atoms with Crippen molar-refractivity contribution < 1.29 is 22.9 Å². The highest BCUT2D eigenvalue weighted by molar-refractivity contribution is 5.79. The van der Waals surface area contributed by atoms with Crippen LogP contribution in [0, 0.1) is 16.0 Å². The fraction of sp³-hybridized carbons (Fsp3) is 0.632. The third kappa shape index (κ3) is 4.74. The van der Waals surface area contributed by atoms with Gasteiger partial charge in [-0.05, 0) is 37.8 Å². The van der Waals surface area contributed by atoms with Crippen molar-refractivity contribution in [2.45, 2.75) is 51.7 Å². The molecular weight excluding hydrogens is 375 g/mol. The number of amides is 1. The van der Waals surface area contributed by atoms with E-state index in [1.165, 1.54) is 0 Å². The summed E-state index contributed by atoms with van der Waals surface area (Å²) in [7, 11) is 1.80. The SMILES string of the molecule is CCC(CC)N(C)C(=O)C1CCN(c2ccc(C(F)(F)F)cc2[N+](=O)[O-])CC1. The van der Waals surface area contributed by atoms with Crippen molar-refractivity contribution in [2.24, 2.45) is 5.92 Å². The summed E-state index contributed by atoms with van der Waals surface area (Å²) in [5.74, 6) is -0.106. The second-order valence-electron chi connectivity index (χ2n) is 7.14. The number of rotatable bonds is 6. The quantitative estimate of drug-likeness (QED) is 0.521. The van der Waals surface area contributed by atoms with Crippen LogP contribution in [0.25, 0.3) is 0 Å². The lowest BCUT2D eigenvalue weighted by atomic mass is 9.93. The van der Waals surface area contributed by atoms with Gasteiger partial charge in [-0.3, -0.25) is 14.9 Å². The molecule has 0 atom stereocenters. The summed E-state index contributed by atoms with van der Waals surface area (Å²) in [5.41, 5.74) is -1.44. The van der Waals surface area contributed by atoms with Crippen LogP contribution in [0.2, 0.25) is 0 Å². The Bertz CT molecular complexity index is 712. The van der Waals surface area contributed by atoms with Crippen molar-refractivity contribution >= 4 is 17.3 Å². The molecule has 1 aliphatic rings. The minimum atomic E-state index is -4.64. The molecule has 1 aliphatic heterocycles. The van der Waals surface area contributed by atoms with Gasteiger partial charge < -0.3 is 9.80 Å². The number of carbonyl (C=O) groups excluding carboxylic acids is 1. The maximum absolute atomic E-state index is 12.9. The van der Waals surface area contributed by atoms with Crippen LogP contribution in [-0.4, -0.2) is 41.9 Å². The Morgan fingerprint density at radius 3 is 2.32 bits per heavy atom. The first-order chi connectivity index (χ1) is 13.1. The highest BCUT2D eigenvalue weighted by Crippen LogP contribution is 2.37. The van der Waals surface area contributed by atoms with Crippen LogP contribution in [-0.2, 0) is 11.0 Å². The number of piperidine rings is 1. The number of hydrogen-bond donors (Lipinski definition) is 0. The predicted octanol–water partition coefficient (Wildman–Crippen LogP) is 4.48. The summed E-state index contributed by atoms with van der Waals surface area (Å²) in [6, 6.07) is 2.77. The molecule has 1 aromatic rings. The number of halogens is 3. The van der Waals surface area contributed by atoms with Crippen molar-refractivity contribution in [1.82, 2.24) is 4.90 Å². The molecule has 0 bridgehead atoms. The number of benzene rings is 1. The van der Waals surface area contributed by atoms with E-state index in [0.717, 1.165) is 25.0 Å². The van der Waals surface area contributed by atoms with Crippen molar-refractivity contribution in [3.8, 4) is 0 Å². The molecule has 1 fully saturated rings. The van der Waals surface area contributed by atoms with Gasteiger partial charge in [0.15, 0.2) is 0 Å². The van der Waals surface area contributed by atoms with Gasteiger partial charge in [-0.1, -0.05) is 13.8 Å². The summed E-state index contributed by atoms with van der Waals surface area (Å²) in [4.78, 5) is 26.7. The van der Waals surface area contributed by atoms with Crippen LogP contribution in [0.3, 0.4) is 0 Å². The van der Waals surface area contributed by atoms with Gasteiger partial charge in [0.05, 0.1) is 10.5 Å². The predicted molar refractivity (Wildman–Crippen MR) is 100 cm³/mol. The standard InChI is InChI=1S/C19H26F3N3O3/c1-4-15(5-2)23(3)18(26)13-8-10-24(11-9-13)16-7-6-14(19(20,21)22)12-17(16)25(27)28/h6-7,12-13,15H,4-5,8-11H2,1-3H3. The van der Waals surface area contributed by atoms with Crippen molar-refractivity contribution in [2.75, 3.05) is 25.0 Å². The zero-order valence-corrected chi connectivity index (χ0v) is 16.3. The van der Waals surface area contributed by atoms with Gasteiger partial charge in [-0.25, -0.2) is 0 Å².